The van der Waals surface area contributed by atoms with Crippen molar-refractivity contribution in [1.82, 2.24) is 4.90 Å². The maximum atomic E-state index is 13.3. The van der Waals surface area contributed by atoms with Gasteiger partial charge in [-0.3, -0.25) is 9.59 Å². The van der Waals surface area contributed by atoms with Crippen LogP contribution in [0.15, 0.2) is 24.3 Å². The van der Waals surface area contributed by atoms with Crippen LogP contribution < -0.4 is 0 Å². The van der Waals surface area contributed by atoms with Gasteiger partial charge in [-0.25, -0.2) is 4.39 Å². The van der Waals surface area contributed by atoms with Crippen LogP contribution in [0.3, 0.4) is 0 Å². The molecule has 0 bridgehead atoms. The molecule has 0 spiro atoms. The van der Waals surface area contributed by atoms with Gasteiger partial charge in [-0.1, -0.05) is 26.8 Å². The summed E-state index contributed by atoms with van der Waals surface area (Å²) in [6, 6.07) is 5.60. The molecule has 5 heteroatoms. The van der Waals surface area contributed by atoms with Gasteiger partial charge in [0.25, 0.3) is 5.91 Å². The van der Waals surface area contributed by atoms with Gasteiger partial charge in [0.05, 0.1) is 13.0 Å². The van der Waals surface area contributed by atoms with Crippen LogP contribution in [0.1, 0.15) is 37.6 Å². The molecule has 1 amide bonds. The molecule has 0 fully saturated rings. The Bertz CT molecular complexity index is 516. The summed E-state index contributed by atoms with van der Waals surface area (Å²) in [5.41, 5.74) is 0.292. The summed E-state index contributed by atoms with van der Waals surface area (Å²) < 4.78 is 18.0. The molecular formula is C17H24FNO3. The number of benzene rings is 1. The summed E-state index contributed by atoms with van der Waals surface area (Å²) in [5, 5.41) is 0. The molecule has 1 unspecified atom stereocenters. The van der Waals surface area contributed by atoms with E-state index in [0.717, 1.165) is 6.42 Å². The number of halogens is 1. The van der Waals surface area contributed by atoms with E-state index in [1.807, 2.05) is 0 Å². The second-order valence-corrected chi connectivity index (χ2v) is 5.87. The Morgan fingerprint density at radius 2 is 1.95 bits per heavy atom. The lowest BCUT2D eigenvalue weighted by Crippen LogP contribution is -2.38. The minimum atomic E-state index is -0.448. The molecule has 122 valence electrons. The van der Waals surface area contributed by atoms with Crippen LogP contribution >= 0.6 is 0 Å². The molecule has 0 aliphatic carbocycles. The first-order valence-electron chi connectivity index (χ1n) is 7.47. The minimum absolute atomic E-state index is 0.259. The normalized spacial score (nSPS) is 12.1. The van der Waals surface area contributed by atoms with E-state index < -0.39 is 11.7 Å². The summed E-state index contributed by atoms with van der Waals surface area (Å²) in [6.45, 7) is 6.62. The third-order valence-corrected chi connectivity index (χ3v) is 3.43. The van der Waals surface area contributed by atoms with Crippen molar-refractivity contribution in [2.24, 2.45) is 11.8 Å². The molecule has 1 rings (SSSR count). The molecule has 0 aliphatic heterocycles. The van der Waals surface area contributed by atoms with Crippen molar-refractivity contribution in [3.8, 4) is 0 Å². The standard InChI is InChI=1S/C17H24FNO3/c1-12(2)8-9-19(11-13(3)17(21)22-4)16(20)14-6-5-7-15(18)10-14/h5-7,10,12-13H,8-9,11H2,1-4H3. The second kappa shape index (κ2) is 8.51. The van der Waals surface area contributed by atoms with Gasteiger partial charge in [0.1, 0.15) is 5.82 Å². The molecule has 1 aromatic carbocycles. The van der Waals surface area contributed by atoms with Crippen LogP contribution in [0.25, 0.3) is 0 Å². The number of hydrogen-bond acceptors (Lipinski definition) is 3. The van der Waals surface area contributed by atoms with Crippen molar-refractivity contribution >= 4 is 11.9 Å². The summed E-state index contributed by atoms with van der Waals surface area (Å²) in [7, 11) is 1.33. The number of ether oxygens (including phenoxy) is 1. The zero-order valence-electron chi connectivity index (χ0n) is 13.6. The van der Waals surface area contributed by atoms with Crippen LogP contribution in [0.5, 0.6) is 0 Å². The fourth-order valence-corrected chi connectivity index (χ4v) is 2.10. The average Bonchev–Trinajstić information content (AvgIpc) is 2.49. The van der Waals surface area contributed by atoms with Crippen molar-refractivity contribution in [1.29, 1.82) is 0 Å². The maximum Gasteiger partial charge on any atom is 0.310 e. The summed E-state index contributed by atoms with van der Waals surface area (Å²) >= 11 is 0. The predicted octanol–water partition coefficient (Wildman–Crippen LogP) is 3.12. The number of esters is 1. The molecule has 0 radical (unpaired) electrons. The predicted molar refractivity (Wildman–Crippen MR) is 82.9 cm³/mol. The molecule has 0 heterocycles. The van der Waals surface area contributed by atoms with Crippen molar-refractivity contribution < 1.29 is 18.7 Å². The highest BCUT2D eigenvalue weighted by Gasteiger charge is 2.22. The zero-order chi connectivity index (χ0) is 16.7. The Morgan fingerprint density at radius 1 is 1.27 bits per heavy atom. The van der Waals surface area contributed by atoms with Gasteiger partial charge in [0.2, 0.25) is 0 Å². The fraction of sp³-hybridized carbons (Fsp3) is 0.529. The Kier molecular flexibility index (Phi) is 7.02. The molecule has 0 saturated carbocycles. The molecule has 22 heavy (non-hydrogen) atoms. The Morgan fingerprint density at radius 3 is 2.50 bits per heavy atom. The molecular weight excluding hydrogens is 285 g/mol. The molecule has 0 N–H and O–H groups in total. The highest BCUT2D eigenvalue weighted by Crippen LogP contribution is 2.13. The third kappa shape index (κ3) is 5.47. The second-order valence-electron chi connectivity index (χ2n) is 5.87. The Balaban J connectivity index is 2.88. The summed E-state index contributed by atoms with van der Waals surface area (Å²) in [5.74, 6) is -1.07. The van der Waals surface area contributed by atoms with Gasteiger partial charge in [0, 0.05) is 18.7 Å². The van der Waals surface area contributed by atoms with E-state index in [2.05, 4.69) is 13.8 Å². The number of methoxy groups -OCH3 is 1. The topological polar surface area (TPSA) is 46.6 Å². The molecule has 4 nitrogen and oxygen atoms in total. The lowest BCUT2D eigenvalue weighted by atomic mass is 10.1. The molecule has 0 saturated heterocycles. The number of nitrogens with zero attached hydrogens (tertiary/aromatic N) is 1. The van der Waals surface area contributed by atoms with Crippen LogP contribution in [0.4, 0.5) is 4.39 Å². The van der Waals surface area contributed by atoms with Gasteiger partial charge < -0.3 is 9.64 Å². The first kappa shape index (κ1) is 18.1. The summed E-state index contributed by atoms with van der Waals surface area (Å²) in [6.07, 6.45) is 0.814. The Labute approximate surface area is 131 Å². The highest BCUT2D eigenvalue weighted by atomic mass is 19.1. The largest absolute Gasteiger partial charge is 0.469 e. The quantitative estimate of drug-likeness (QED) is 0.727. The van der Waals surface area contributed by atoms with Crippen LogP contribution in [0, 0.1) is 17.7 Å². The first-order chi connectivity index (χ1) is 10.3. The number of amides is 1. The van der Waals surface area contributed by atoms with Crippen molar-refractivity contribution in [3.63, 3.8) is 0 Å². The van der Waals surface area contributed by atoms with Gasteiger partial charge in [-0.15, -0.1) is 0 Å². The van der Waals surface area contributed by atoms with Crippen LogP contribution in [0.2, 0.25) is 0 Å². The van der Waals surface area contributed by atoms with Crippen molar-refractivity contribution in [2.45, 2.75) is 27.2 Å². The van der Waals surface area contributed by atoms with E-state index in [9.17, 15) is 14.0 Å². The lowest BCUT2D eigenvalue weighted by molar-refractivity contribution is -0.145. The maximum absolute atomic E-state index is 13.3. The average molecular weight is 309 g/mol. The SMILES string of the molecule is COC(=O)C(C)CN(CCC(C)C)C(=O)c1cccc(F)c1. The van der Waals surface area contributed by atoms with E-state index >= 15 is 0 Å². The van der Waals surface area contributed by atoms with Gasteiger partial charge in [-0.2, -0.15) is 0 Å². The monoisotopic (exact) mass is 309 g/mol. The lowest BCUT2D eigenvalue weighted by Gasteiger charge is -2.26. The van der Waals surface area contributed by atoms with Crippen LogP contribution in [-0.2, 0) is 9.53 Å². The van der Waals surface area contributed by atoms with Crippen LogP contribution in [-0.4, -0.2) is 37.0 Å². The van der Waals surface area contributed by atoms with Gasteiger partial charge in [0.15, 0.2) is 0 Å². The smallest absolute Gasteiger partial charge is 0.310 e. The van der Waals surface area contributed by atoms with E-state index in [0.29, 0.717) is 18.0 Å². The first-order valence-corrected chi connectivity index (χ1v) is 7.47. The highest BCUT2D eigenvalue weighted by molar-refractivity contribution is 5.94. The van der Waals surface area contributed by atoms with E-state index in [4.69, 9.17) is 4.74 Å². The molecule has 0 aromatic heterocycles. The van der Waals surface area contributed by atoms with Crippen molar-refractivity contribution in [3.05, 3.63) is 35.6 Å². The Hall–Kier alpha value is -1.91. The van der Waals surface area contributed by atoms with Gasteiger partial charge >= 0.3 is 5.97 Å². The minimum Gasteiger partial charge on any atom is -0.469 e. The number of carbonyl (C=O) groups is 2. The van der Waals surface area contributed by atoms with Gasteiger partial charge in [-0.05, 0) is 30.5 Å². The van der Waals surface area contributed by atoms with E-state index in [1.54, 1.807) is 17.9 Å². The fourth-order valence-electron chi connectivity index (χ4n) is 2.10. The molecule has 1 aromatic rings. The van der Waals surface area contributed by atoms with E-state index in [1.165, 1.54) is 25.3 Å². The number of hydrogen-bond donors (Lipinski definition) is 0. The molecule has 1 atom stereocenters. The molecule has 0 aliphatic rings. The zero-order valence-corrected chi connectivity index (χ0v) is 13.6. The van der Waals surface area contributed by atoms with Crippen molar-refractivity contribution in [2.75, 3.05) is 20.2 Å². The third-order valence-electron chi connectivity index (χ3n) is 3.43. The number of carbonyl (C=O) groups excluding carboxylic acids is 2. The summed E-state index contributed by atoms with van der Waals surface area (Å²) in [4.78, 5) is 25.7. The number of rotatable bonds is 7. The van der Waals surface area contributed by atoms with E-state index in [-0.39, 0.29) is 18.4 Å².